The maximum atomic E-state index is 12.3. The molecule has 22 heavy (non-hydrogen) atoms. The van der Waals surface area contributed by atoms with Crippen molar-refractivity contribution in [1.29, 1.82) is 0 Å². The summed E-state index contributed by atoms with van der Waals surface area (Å²) >= 11 is 0. The molecule has 0 unspecified atom stereocenters. The first kappa shape index (κ1) is 14.9. The minimum Gasteiger partial charge on any atom is -0.323 e. The lowest BCUT2D eigenvalue weighted by molar-refractivity contribution is -0.128. The average molecular weight is 302 g/mol. The molecule has 1 saturated heterocycles. The van der Waals surface area contributed by atoms with Crippen molar-refractivity contribution in [2.45, 2.75) is 33.1 Å². The molecule has 2 fully saturated rings. The van der Waals surface area contributed by atoms with Crippen LogP contribution in [0.15, 0.2) is 12.4 Å². The SMILES string of the molecule is C[C@@H]1CN(C(=O)Nc2cnc(CC3CC3)nc2)C[C@@H](C)C1=O. The number of nitrogens with zero attached hydrogens (tertiary/aromatic N) is 3. The van der Waals surface area contributed by atoms with Gasteiger partial charge in [-0.3, -0.25) is 4.79 Å². The Kier molecular flexibility index (Phi) is 4.09. The molecular formula is C16H22N4O2. The third-order valence-corrected chi connectivity index (χ3v) is 4.37. The number of urea groups is 1. The summed E-state index contributed by atoms with van der Waals surface area (Å²) in [5.74, 6) is 1.61. The minimum absolute atomic E-state index is 0.105. The van der Waals surface area contributed by atoms with Gasteiger partial charge in [0.15, 0.2) is 0 Å². The molecule has 0 spiro atoms. The van der Waals surface area contributed by atoms with Crippen molar-refractivity contribution in [3.63, 3.8) is 0 Å². The van der Waals surface area contributed by atoms with Crippen LogP contribution in [0.3, 0.4) is 0 Å². The number of hydrogen-bond donors (Lipinski definition) is 1. The van der Waals surface area contributed by atoms with Gasteiger partial charge in [-0.25, -0.2) is 14.8 Å². The molecule has 1 saturated carbocycles. The van der Waals surface area contributed by atoms with Gasteiger partial charge in [-0.15, -0.1) is 0 Å². The number of carbonyl (C=O) groups excluding carboxylic acids is 2. The number of Topliss-reactive ketones (excluding diaryl/α,β-unsaturated/α-hetero) is 1. The van der Waals surface area contributed by atoms with Gasteiger partial charge in [-0.05, 0) is 18.8 Å². The van der Waals surface area contributed by atoms with Crippen molar-refractivity contribution >= 4 is 17.5 Å². The third-order valence-electron chi connectivity index (χ3n) is 4.37. The summed E-state index contributed by atoms with van der Waals surface area (Å²) in [5, 5.41) is 2.81. The van der Waals surface area contributed by atoms with E-state index in [4.69, 9.17) is 0 Å². The van der Waals surface area contributed by atoms with Gasteiger partial charge in [0, 0.05) is 31.3 Å². The van der Waals surface area contributed by atoms with Gasteiger partial charge >= 0.3 is 6.03 Å². The first-order valence-corrected chi connectivity index (χ1v) is 7.93. The predicted molar refractivity (Wildman–Crippen MR) is 82.4 cm³/mol. The minimum atomic E-state index is -0.190. The lowest BCUT2D eigenvalue weighted by atomic mass is 9.90. The highest BCUT2D eigenvalue weighted by molar-refractivity contribution is 5.91. The summed E-state index contributed by atoms with van der Waals surface area (Å²) < 4.78 is 0. The number of piperidine rings is 1. The lowest BCUT2D eigenvalue weighted by Crippen LogP contribution is -2.49. The summed E-state index contributed by atoms with van der Waals surface area (Å²) in [6.07, 6.45) is 6.78. The Morgan fingerprint density at radius 2 is 1.82 bits per heavy atom. The summed E-state index contributed by atoms with van der Waals surface area (Å²) in [4.78, 5) is 34.4. The first-order chi connectivity index (χ1) is 10.5. The number of ketones is 1. The largest absolute Gasteiger partial charge is 0.323 e. The van der Waals surface area contributed by atoms with Gasteiger partial charge in [0.1, 0.15) is 11.6 Å². The van der Waals surface area contributed by atoms with E-state index in [1.54, 1.807) is 17.3 Å². The molecule has 2 atom stereocenters. The van der Waals surface area contributed by atoms with E-state index in [-0.39, 0.29) is 23.7 Å². The van der Waals surface area contributed by atoms with Crippen LogP contribution < -0.4 is 5.32 Å². The molecule has 1 N–H and O–H groups in total. The van der Waals surface area contributed by atoms with E-state index in [1.165, 1.54) is 12.8 Å². The molecule has 0 aromatic carbocycles. The average Bonchev–Trinajstić information content (AvgIpc) is 3.30. The van der Waals surface area contributed by atoms with Crippen LogP contribution in [0.5, 0.6) is 0 Å². The van der Waals surface area contributed by atoms with Crippen LogP contribution >= 0.6 is 0 Å². The lowest BCUT2D eigenvalue weighted by Gasteiger charge is -2.33. The van der Waals surface area contributed by atoms with Crippen molar-refractivity contribution in [2.75, 3.05) is 18.4 Å². The van der Waals surface area contributed by atoms with E-state index >= 15 is 0 Å². The second-order valence-electron chi connectivity index (χ2n) is 6.58. The summed E-state index contributed by atoms with van der Waals surface area (Å²) in [5.41, 5.74) is 0.599. The van der Waals surface area contributed by atoms with Crippen LogP contribution in [0.4, 0.5) is 10.5 Å². The van der Waals surface area contributed by atoms with Gasteiger partial charge in [0.25, 0.3) is 0 Å². The molecule has 2 amide bonds. The van der Waals surface area contributed by atoms with Crippen LogP contribution in [0.1, 0.15) is 32.5 Å². The zero-order valence-electron chi connectivity index (χ0n) is 13.1. The summed E-state index contributed by atoms with van der Waals surface area (Å²) in [6, 6.07) is -0.190. The van der Waals surface area contributed by atoms with Crippen LogP contribution in [0.2, 0.25) is 0 Å². The normalized spacial score (nSPS) is 25.2. The van der Waals surface area contributed by atoms with E-state index in [1.807, 2.05) is 13.8 Å². The Balaban J connectivity index is 1.57. The second kappa shape index (κ2) is 6.02. The molecule has 0 bridgehead atoms. The van der Waals surface area contributed by atoms with Crippen LogP contribution in [0, 0.1) is 17.8 Å². The fourth-order valence-electron chi connectivity index (χ4n) is 2.87. The molecule has 6 heteroatoms. The Labute approximate surface area is 130 Å². The molecule has 1 aromatic heterocycles. The van der Waals surface area contributed by atoms with Gasteiger partial charge in [-0.2, -0.15) is 0 Å². The third kappa shape index (κ3) is 3.43. The summed E-state index contributed by atoms with van der Waals surface area (Å²) in [6.45, 7) is 4.67. The first-order valence-electron chi connectivity index (χ1n) is 7.93. The zero-order chi connectivity index (χ0) is 15.7. The van der Waals surface area contributed by atoms with Crippen molar-refractivity contribution in [3.05, 3.63) is 18.2 Å². The number of amides is 2. The standard InChI is InChI=1S/C16H22N4O2/c1-10-8-20(9-11(2)15(10)21)16(22)19-13-6-17-14(18-7-13)5-12-3-4-12/h6-7,10-12H,3-5,8-9H2,1-2H3,(H,19,22)/t10-,11-/m1/s1. The Bertz CT molecular complexity index is 554. The highest BCUT2D eigenvalue weighted by Crippen LogP contribution is 2.31. The highest BCUT2D eigenvalue weighted by atomic mass is 16.2. The van der Waals surface area contributed by atoms with E-state index in [2.05, 4.69) is 15.3 Å². The van der Waals surface area contributed by atoms with Crippen molar-refractivity contribution in [1.82, 2.24) is 14.9 Å². The molecule has 118 valence electrons. The van der Waals surface area contributed by atoms with Gasteiger partial charge in [-0.1, -0.05) is 13.8 Å². The molecule has 6 nitrogen and oxygen atoms in total. The fourth-order valence-corrected chi connectivity index (χ4v) is 2.87. The van der Waals surface area contributed by atoms with Gasteiger partial charge < -0.3 is 10.2 Å². The number of nitrogens with one attached hydrogen (secondary N) is 1. The monoisotopic (exact) mass is 302 g/mol. The number of likely N-dealkylation sites (tertiary alicyclic amines) is 1. The van der Waals surface area contributed by atoms with Crippen LogP contribution in [0.25, 0.3) is 0 Å². The van der Waals surface area contributed by atoms with Crippen LogP contribution in [-0.4, -0.2) is 39.8 Å². The predicted octanol–water partition coefficient (Wildman–Crippen LogP) is 2.12. The Morgan fingerprint density at radius 3 is 2.36 bits per heavy atom. The fraction of sp³-hybridized carbons (Fsp3) is 0.625. The number of hydrogen-bond acceptors (Lipinski definition) is 4. The van der Waals surface area contributed by atoms with Crippen LogP contribution in [-0.2, 0) is 11.2 Å². The molecule has 1 aliphatic carbocycles. The second-order valence-corrected chi connectivity index (χ2v) is 6.58. The Hall–Kier alpha value is -1.98. The van der Waals surface area contributed by atoms with E-state index in [9.17, 15) is 9.59 Å². The molecule has 1 aliphatic heterocycles. The van der Waals surface area contributed by atoms with Crippen molar-refractivity contribution in [2.24, 2.45) is 17.8 Å². The smallest absolute Gasteiger partial charge is 0.321 e. The Morgan fingerprint density at radius 1 is 1.23 bits per heavy atom. The topological polar surface area (TPSA) is 75.2 Å². The molecule has 3 rings (SSSR count). The molecule has 0 radical (unpaired) electrons. The van der Waals surface area contributed by atoms with Crippen molar-refractivity contribution < 1.29 is 9.59 Å². The number of carbonyl (C=O) groups is 2. The number of rotatable bonds is 3. The number of anilines is 1. The summed E-state index contributed by atoms with van der Waals surface area (Å²) in [7, 11) is 0. The number of aromatic nitrogens is 2. The molecule has 2 heterocycles. The van der Waals surface area contributed by atoms with Crippen molar-refractivity contribution in [3.8, 4) is 0 Å². The van der Waals surface area contributed by atoms with E-state index in [0.717, 1.165) is 18.2 Å². The zero-order valence-corrected chi connectivity index (χ0v) is 13.1. The molecular weight excluding hydrogens is 280 g/mol. The quantitative estimate of drug-likeness (QED) is 0.928. The molecule has 2 aliphatic rings. The van der Waals surface area contributed by atoms with E-state index in [0.29, 0.717) is 18.8 Å². The van der Waals surface area contributed by atoms with E-state index < -0.39 is 0 Å². The maximum Gasteiger partial charge on any atom is 0.321 e. The molecule has 1 aromatic rings. The highest BCUT2D eigenvalue weighted by Gasteiger charge is 2.32. The van der Waals surface area contributed by atoms with Gasteiger partial charge in [0.05, 0.1) is 18.1 Å². The van der Waals surface area contributed by atoms with Gasteiger partial charge in [0.2, 0.25) is 0 Å². The maximum absolute atomic E-state index is 12.3.